The fourth-order valence-electron chi connectivity index (χ4n) is 3.38. The molecule has 0 heterocycles. The van der Waals surface area contributed by atoms with E-state index in [2.05, 4.69) is 0 Å². The summed E-state index contributed by atoms with van der Waals surface area (Å²) in [7, 11) is 0. The lowest BCUT2D eigenvalue weighted by Gasteiger charge is -2.33. The molecule has 0 aromatic heterocycles. The van der Waals surface area contributed by atoms with Gasteiger partial charge in [-0.2, -0.15) is 5.90 Å². The van der Waals surface area contributed by atoms with E-state index in [0.29, 0.717) is 24.5 Å². The maximum Gasteiger partial charge on any atom is 0.148 e. The third kappa shape index (κ3) is 2.72. The van der Waals surface area contributed by atoms with Crippen LogP contribution < -0.4 is 10.7 Å². The Balaban J connectivity index is 2.02. The largest absolute Gasteiger partial charge is 0.412 e. The molecule has 0 unspecified atom stereocenters. The molecule has 3 rings (SSSR count). The van der Waals surface area contributed by atoms with Gasteiger partial charge >= 0.3 is 0 Å². The fourth-order valence-corrected chi connectivity index (χ4v) is 3.38. The lowest BCUT2D eigenvalue weighted by atomic mass is 9.69. The van der Waals surface area contributed by atoms with Crippen LogP contribution in [0.15, 0.2) is 18.2 Å². The summed E-state index contributed by atoms with van der Waals surface area (Å²) in [5.41, 5.74) is 1.69. The first-order chi connectivity index (χ1) is 9.91. The summed E-state index contributed by atoms with van der Waals surface area (Å²) in [6, 6.07) is 5.53. The predicted octanol–water partition coefficient (Wildman–Crippen LogP) is 2.86. The minimum Gasteiger partial charge on any atom is -0.412 e. The van der Waals surface area contributed by atoms with Crippen molar-refractivity contribution < 1.29 is 14.4 Å². The van der Waals surface area contributed by atoms with E-state index in [1.165, 1.54) is 0 Å². The molecule has 2 saturated carbocycles. The van der Waals surface area contributed by atoms with E-state index in [1.54, 1.807) is 12.1 Å². The highest BCUT2D eigenvalue weighted by Gasteiger charge is 2.42. The van der Waals surface area contributed by atoms with Crippen LogP contribution in [0, 0.1) is 5.41 Å². The van der Waals surface area contributed by atoms with Crippen LogP contribution in [-0.2, 0) is 9.59 Å². The third-order valence-corrected chi connectivity index (χ3v) is 4.47. The number of hydrogen-bond donors (Lipinski definition) is 1. The second-order valence-corrected chi connectivity index (χ2v) is 7.07. The molecule has 1 aromatic rings. The van der Waals surface area contributed by atoms with Crippen molar-refractivity contribution in [2.45, 2.75) is 51.4 Å². The molecule has 0 saturated heterocycles. The number of rotatable bonds is 3. The maximum absolute atomic E-state index is 12.5. The molecule has 4 nitrogen and oxygen atoms in total. The zero-order chi connectivity index (χ0) is 15.2. The average molecular weight is 287 g/mol. The molecule has 0 aliphatic heterocycles. The van der Waals surface area contributed by atoms with E-state index in [9.17, 15) is 9.59 Å². The van der Waals surface area contributed by atoms with Gasteiger partial charge in [0.1, 0.15) is 23.2 Å². The SMILES string of the molecule is CC1(C)CC(=O)C(c2cc(ON)ccc2C2CC2)C(=O)C1. The van der Waals surface area contributed by atoms with Gasteiger partial charge in [-0.1, -0.05) is 19.9 Å². The summed E-state index contributed by atoms with van der Waals surface area (Å²) in [5, 5.41) is 0. The Kier molecular flexibility index (Phi) is 3.36. The molecule has 2 fully saturated rings. The van der Waals surface area contributed by atoms with Crippen molar-refractivity contribution >= 4 is 11.6 Å². The summed E-state index contributed by atoms with van der Waals surface area (Å²) >= 11 is 0. The van der Waals surface area contributed by atoms with Gasteiger partial charge in [-0.15, -0.1) is 0 Å². The number of ketones is 2. The van der Waals surface area contributed by atoms with Crippen LogP contribution in [0.2, 0.25) is 0 Å². The molecule has 0 amide bonds. The van der Waals surface area contributed by atoms with E-state index in [0.717, 1.165) is 24.0 Å². The van der Waals surface area contributed by atoms with Crippen molar-refractivity contribution in [3.63, 3.8) is 0 Å². The van der Waals surface area contributed by atoms with Crippen LogP contribution in [0.3, 0.4) is 0 Å². The van der Waals surface area contributed by atoms with Crippen molar-refractivity contribution in [3.05, 3.63) is 29.3 Å². The quantitative estimate of drug-likeness (QED) is 0.685. The molecule has 0 atom stereocenters. The van der Waals surface area contributed by atoms with Gasteiger partial charge in [0.15, 0.2) is 0 Å². The Morgan fingerprint density at radius 3 is 2.24 bits per heavy atom. The maximum atomic E-state index is 12.5. The predicted molar refractivity (Wildman–Crippen MR) is 79.0 cm³/mol. The summed E-state index contributed by atoms with van der Waals surface area (Å²) < 4.78 is 0. The molecular formula is C17H21NO3. The van der Waals surface area contributed by atoms with E-state index in [1.807, 2.05) is 19.9 Å². The Bertz CT molecular complexity index is 582. The lowest BCUT2D eigenvalue weighted by molar-refractivity contribution is -0.135. The highest BCUT2D eigenvalue weighted by Crippen LogP contribution is 2.47. The molecule has 0 radical (unpaired) electrons. The Morgan fingerprint density at radius 1 is 1.10 bits per heavy atom. The first-order valence-corrected chi connectivity index (χ1v) is 7.47. The molecule has 2 aliphatic rings. The number of hydrogen-bond acceptors (Lipinski definition) is 4. The highest BCUT2D eigenvalue weighted by molar-refractivity contribution is 6.10. The van der Waals surface area contributed by atoms with Crippen molar-refractivity contribution in [3.8, 4) is 5.75 Å². The first kappa shape index (κ1) is 14.3. The Labute approximate surface area is 124 Å². The standard InChI is InChI=1S/C17H21NO3/c1-17(2)8-14(19)16(15(20)9-17)13-7-11(21-18)5-6-12(13)10-3-4-10/h5-7,10,16H,3-4,8-9,18H2,1-2H3. The number of Topliss-reactive ketones (excluding diaryl/α,β-unsaturated/α-hetero) is 2. The molecule has 21 heavy (non-hydrogen) atoms. The lowest BCUT2D eigenvalue weighted by Crippen LogP contribution is -2.36. The van der Waals surface area contributed by atoms with Crippen LogP contribution in [0.4, 0.5) is 0 Å². The van der Waals surface area contributed by atoms with Crippen LogP contribution in [-0.4, -0.2) is 11.6 Å². The molecule has 2 aliphatic carbocycles. The fraction of sp³-hybridized carbons (Fsp3) is 0.529. The van der Waals surface area contributed by atoms with E-state index < -0.39 is 5.92 Å². The number of benzene rings is 1. The van der Waals surface area contributed by atoms with Crippen molar-refractivity contribution in [2.24, 2.45) is 11.3 Å². The second-order valence-electron chi connectivity index (χ2n) is 7.07. The summed E-state index contributed by atoms with van der Waals surface area (Å²) in [4.78, 5) is 29.8. The average Bonchev–Trinajstić information content (AvgIpc) is 3.20. The molecule has 4 heteroatoms. The van der Waals surface area contributed by atoms with Gasteiger partial charge in [-0.3, -0.25) is 9.59 Å². The molecule has 112 valence electrons. The number of carbonyl (C=O) groups is 2. The zero-order valence-electron chi connectivity index (χ0n) is 12.5. The second kappa shape index (κ2) is 4.95. The Morgan fingerprint density at radius 2 is 1.71 bits per heavy atom. The molecule has 0 bridgehead atoms. The summed E-state index contributed by atoms with van der Waals surface area (Å²) in [6.07, 6.45) is 3.13. The summed E-state index contributed by atoms with van der Waals surface area (Å²) in [5.74, 6) is 5.61. The van der Waals surface area contributed by atoms with Crippen LogP contribution in [0.5, 0.6) is 5.75 Å². The van der Waals surface area contributed by atoms with E-state index >= 15 is 0 Å². The third-order valence-electron chi connectivity index (χ3n) is 4.47. The molecule has 0 spiro atoms. The van der Waals surface area contributed by atoms with Crippen LogP contribution >= 0.6 is 0 Å². The van der Waals surface area contributed by atoms with Gasteiger partial charge in [-0.25, -0.2) is 0 Å². The van der Waals surface area contributed by atoms with Gasteiger partial charge in [0.2, 0.25) is 0 Å². The topological polar surface area (TPSA) is 69.4 Å². The van der Waals surface area contributed by atoms with Crippen LogP contribution in [0.1, 0.15) is 62.5 Å². The minimum atomic E-state index is -0.635. The number of nitrogens with two attached hydrogens (primary N) is 1. The van der Waals surface area contributed by atoms with Crippen LogP contribution in [0.25, 0.3) is 0 Å². The Hall–Kier alpha value is -1.68. The van der Waals surface area contributed by atoms with Gasteiger partial charge in [-0.05, 0) is 47.4 Å². The van der Waals surface area contributed by atoms with E-state index in [4.69, 9.17) is 10.7 Å². The zero-order valence-corrected chi connectivity index (χ0v) is 12.5. The van der Waals surface area contributed by atoms with E-state index in [-0.39, 0.29) is 17.0 Å². The van der Waals surface area contributed by atoms with Crippen molar-refractivity contribution in [1.29, 1.82) is 0 Å². The van der Waals surface area contributed by atoms with Gasteiger partial charge in [0, 0.05) is 12.8 Å². The normalized spacial score (nSPS) is 22.4. The monoisotopic (exact) mass is 287 g/mol. The summed E-state index contributed by atoms with van der Waals surface area (Å²) in [6.45, 7) is 3.94. The first-order valence-electron chi connectivity index (χ1n) is 7.47. The van der Waals surface area contributed by atoms with Gasteiger partial charge in [0.25, 0.3) is 0 Å². The highest BCUT2D eigenvalue weighted by atomic mass is 16.6. The molecule has 2 N–H and O–H groups in total. The minimum absolute atomic E-state index is 0.0207. The smallest absolute Gasteiger partial charge is 0.148 e. The molecular weight excluding hydrogens is 266 g/mol. The molecule has 1 aromatic carbocycles. The number of carbonyl (C=O) groups excluding carboxylic acids is 2. The van der Waals surface area contributed by atoms with Crippen molar-refractivity contribution in [1.82, 2.24) is 0 Å². The van der Waals surface area contributed by atoms with Gasteiger partial charge < -0.3 is 4.84 Å². The van der Waals surface area contributed by atoms with Crippen molar-refractivity contribution in [2.75, 3.05) is 0 Å². The van der Waals surface area contributed by atoms with Gasteiger partial charge in [0.05, 0.1) is 0 Å².